The Balaban J connectivity index is 2.10. The summed E-state index contributed by atoms with van der Waals surface area (Å²) < 4.78 is 1.17. The summed E-state index contributed by atoms with van der Waals surface area (Å²) >= 11 is 1.61. The molecular weight excluding hydrogens is 236 g/mol. The first-order chi connectivity index (χ1) is 8.24. The van der Waals surface area contributed by atoms with Crippen molar-refractivity contribution in [3.8, 4) is 10.6 Å². The van der Waals surface area contributed by atoms with Crippen LogP contribution in [0.25, 0.3) is 20.7 Å². The third-order valence-electron chi connectivity index (χ3n) is 2.47. The number of imidazole rings is 1. The number of nitrogens with one attached hydrogen (secondary N) is 1. The summed E-state index contributed by atoms with van der Waals surface area (Å²) in [5.41, 5.74) is 0.739. The number of aromatic nitrogens is 2. The maximum absolute atomic E-state index is 10.7. The summed E-state index contributed by atoms with van der Waals surface area (Å²) in [7, 11) is 0. The molecule has 0 radical (unpaired) electrons. The van der Waals surface area contributed by atoms with Crippen LogP contribution in [0.5, 0.6) is 0 Å². The molecule has 0 fully saturated rings. The van der Waals surface area contributed by atoms with Gasteiger partial charge in [-0.3, -0.25) is 0 Å². The van der Waals surface area contributed by atoms with Gasteiger partial charge in [0.2, 0.25) is 5.82 Å². The number of fused-ring (bicyclic) bond motifs is 1. The van der Waals surface area contributed by atoms with Gasteiger partial charge in [-0.05, 0) is 17.5 Å². The van der Waals surface area contributed by atoms with E-state index >= 15 is 0 Å². The van der Waals surface area contributed by atoms with Crippen LogP contribution in [0.4, 0.5) is 0 Å². The molecule has 0 unspecified atom stereocenters. The molecule has 0 saturated heterocycles. The van der Waals surface area contributed by atoms with E-state index in [4.69, 9.17) is 5.11 Å². The van der Waals surface area contributed by atoms with E-state index in [1.807, 2.05) is 30.3 Å². The number of thiophene rings is 1. The van der Waals surface area contributed by atoms with Gasteiger partial charge in [0.05, 0.1) is 16.8 Å². The first kappa shape index (κ1) is 10.0. The van der Waals surface area contributed by atoms with Crippen molar-refractivity contribution in [2.75, 3.05) is 0 Å². The number of carboxylic acid groups (broad SMARTS) is 1. The van der Waals surface area contributed by atoms with Crippen molar-refractivity contribution in [2.24, 2.45) is 0 Å². The van der Waals surface area contributed by atoms with E-state index in [1.54, 1.807) is 17.5 Å². The van der Waals surface area contributed by atoms with Crippen LogP contribution < -0.4 is 0 Å². The molecule has 2 heterocycles. The lowest BCUT2D eigenvalue weighted by molar-refractivity contribution is 0.0685. The molecule has 0 bridgehead atoms. The molecule has 0 atom stereocenters. The third kappa shape index (κ3) is 1.70. The summed E-state index contributed by atoms with van der Waals surface area (Å²) in [5, 5.41) is 9.95. The summed E-state index contributed by atoms with van der Waals surface area (Å²) in [6.45, 7) is 0. The fourth-order valence-corrected chi connectivity index (χ4v) is 2.70. The Hall–Kier alpha value is -2.14. The van der Waals surface area contributed by atoms with E-state index in [0.717, 1.165) is 16.0 Å². The highest BCUT2D eigenvalue weighted by atomic mass is 32.1. The minimum Gasteiger partial charge on any atom is -0.475 e. The van der Waals surface area contributed by atoms with Crippen LogP contribution in [0.15, 0.2) is 36.5 Å². The second-order valence-electron chi connectivity index (χ2n) is 3.60. The topological polar surface area (TPSA) is 66.0 Å². The lowest BCUT2D eigenvalue weighted by Gasteiger charge is -1.88. The second kappa shape index (κ2) is 3.71. The van der Waals surface area contributed by atoms with E-state index in [-0.39, 0.29) is 5.82 Å². The van der Waals surface area contributed by atoms with Gasteiger partial charge >= 0.3 is 5.97 Å². The average Bonchev–Trinajstić information content (AvgIpc) is 2.95. The van der Waals surface area contributed by atoms with E-state index in [9.17, 15) is 4.79 Å². The number of H-pyrrole nitrogens is 1. The first-order valence-electron chi connectivity index (χ1n) is 5.01. The minimum absolute atomic E-state index is 0.0301. The highest BCUT2D eigenvalue weighted by molar-refractivity contribution is 7.22. The number of rotatable bonds is 2. The van der Waals surface area contributed by atoms with Crippen LogP contribution in [-0.2, 0) is 0 Å². The van der Waals surface area contributed by atoms with Crippen molar-refractivity contribution in [1.29, 1.82) is 0 Å². The van der Waals surface area contributed by atoms with Gasteiger partial charge in [0.1, 0.15) is 0 Å². The SMILES string of the molecule is O=C(O)c1ncc(-c2cc3ccccc3s2)[nH]1. The molecule has 5 heteroatoms. The Labute approximate surface area is 101 Å². The Bertz CT molecular complexity index is 666. The fourth-order valence-electron chi connectivity index (χ4n) is 1.67. The molecule has 3 rings (SSSR count). The monoisotopic (exact) mass is 244 g/mol. The molecule has 84 valence electrons. The lowest BCUT2D eigenvalue weighted by Crippen LogP contribution is -1.97. The van der Waals surface area contributed by atoms with Crippen molar-refractivity contribution < 1.29 is 9.90 Å². The number of aromatic carboxylic acids is 1. The summed E-state index contributed by atoms with van der Waals surface area (Å²) in [5.74, 6) is -1.07. The molecule has 3 aromatic rings. The lowest BCUT2D eigenvalue weighted by atomic mass is 10.2. The van der Waals surface area contributed by atoms with E-state index in [0.29, 0.717) is 0 Å². The van der Waals surface area contributed by atoms with Gasteiger partial charge in [0.15, 0.2) is 0 Å². The zero-order valence-corrected chi connectivity index (χ0v) is 9.49. The Morgan fingerprint density at radius 3 is 2.88 bits per heavy atom. The fraction of sp³-hybridized carbons (Fsp3) is 0. The van der Waals surface area contributed by atoms with Crippen LogP contribution in [0, 0.1) is 0 Å². The minimum atomic E-state index is -1.04. The van der Waals surface area contributed by atoms with Crippen LogP contribution in [0.3, 0.4) is 0 Å². The molecule has 0 aliphatic rings. The number of carboxylic acids is 1. The van der Waals surface area contributed by atoms with Gasteiger partial charge in [-0.2, -0.15) is 0 Å². The van der Waals surface area contributed by atoms with Gasteiger partial charge in [0.25, 0.3) is 0 Å². The summed E-state index contributed by atoms with van der Waals surface area (Å²) in [6.07, 6.45) is 1.55. The Morgan fingerprint density at radius 2 is 2.18 bits per heavy atom. The zero-order chi connectivity index (χ0) is 11.8. The van der Waals surface area contributed by atoms with Gasteiger partial charge in [-0.1, -0.05) is 18.2 Å². The van der Waals surface area contributed by atoms with E-state index in [1.165, 1.54) is 4.70 Å². The van der Waals surface area contributed by atoms with Crippen molar-refractivity contribution in [1.82, 2.24) is 9.97 Å². The normalized spacial score (nSPS) is 10.8. The number of hydrogen-bond acceptors (Lipinski definition) is 3. The number of benzene rings is 1. The van der Waals surface area contributed by atoms with Gasteiger partial charge in [-0.15, -0.1) is 11.3 Å². The predicted molar refractivity (Wildman–Crippen MR) is 66.4 cm³/mol. The second-order valence-corrected chi connectivity index (χ2v) is 4.68. The standard InChI is InChI=1S/C12H8N2O2S/c15-12(16)11-13-6-8(14-11)10-5-7-3-1-2-4-9(7)17-10/h1-6H,(H,13,14)(H,15,16). The molecular formula is C12H8N2O2S. The van der Waals surface area contributed by atoms with Crippen LogP contribution in [0.1, 0.15) is 10.6 Å². The Morgan fingerprint density at radius 1 is 1.35 bits per heavy atom. The molecule has 4 nitrogen and oxygen atoms in total. The quantitative estimate of drug-likeness (QED) is 0.728. The van der Waals surface area contributed by atoms with Gasteiger partial charge < -0.3 is 10.1 Å². The van der Waals surface area contributed by atoms with Gasteiger partial charge in [0, 0.05) is 4.70 Å². The summed E-state index contributed by atoms with van der Waals surface area (Å²) in [6, 6.07) is 10.1. The van der Waals surface area contributed by atoms with Gasteiger partial charge in [-0.25, -0.2) is 9.78 Å². The molecule has 1 aromatic carbocycles. The highest BCUT2D eigenvalue weighted by Crippen LogP contribution is 2.32. The summed E-state index contributed by atoms with van der Waals surface area (Å²) in [4.78, 5) is 18.3. The van der Waals surface area contributed by atoms with Crippen molar-refractivity contribution >= 4 is 27.4 Å². The molecule has 0 spiro atoms. The number of nitrogens with zero attached hydrogens (tertiary/aromatic N) is 1. The van der Waals surface area contributed by atoms with Crippen LogP contribution >= 0.6 is 11.3 Å². The highest BCUT2D eigenvalue weighted by Gasteiger charge is 2.10. The molecule has 0 saturated carbocycles. The van der Waals surface area contributed by atoms with Crippen molar-refractivity contribution in [3.63, 3.8) is 0 Å². The molecule has 0 aliphatic heterocycles. The molecule has 17 heavy (non-hydrogen) atoms. The average molecular weight is 244 g/mol. The largest absolute Gasteiger partial charge is 0.475 e. The predicted octanol–water partition coefficient (Wildman–Crippen LogP) is 2.99. The maximum Gasteiger partial charge on any atom is 0.371 e. The van der Waals surface area contributed by atoms with Crippen LogP contribution in [0.2, 0.25) is 0 Å². The number of carbonyl (C=O) groups is 1. The third-order valence-corrected chi connectivity index (χ3v) is 3.62. The van der Waals surface area contributed by atoms with Crippen LogP contribution in [-0.4, -0.2) is 21.0 Å². The molecule has 0 amide bonds. The zero-order valence-electron chi connectivity index (χ0n) is 8.68. The molecule has 0 aliphatic carbocycles. The van der Waals surface area contributed by atoms with E-state index in [2.05, 4.69) is 9.97 Å². The maximum atomic E-state index is 10.7. The first-order valence-corrected chi connectivity index (χ1v) is 5.83. The Kier molecular flexibility index (Phi) is 2.19. The van der Waals surface area contributed by atoms with E-state index < -0.39 is 5.97 Å². The number of hydrogen-bond donors (Lipinski definition) is 2. The van der Waals surface area contributed by atoms with Crippen molar-refractivity contribution in [2.45, 2.75) is 0 Å². The smallest absolute Gasteiger partial charge is 0.371 e. The molecule has 2 aromatic heterocycles. The molecule has 2 N–H and O–H groups in total. The number of aromatic amines is 1. The van der Waals surface area contributed by atoms with Crippen molar-refractivity contribution in [3.05, 3.63) is 42.4 Å².